The highest BCUT2D eigenvalue weighted by Crippen LogP contribution is 2.18. The molecule has 1 fully saturated rings. The van der Waals surface area contributed by atoms with Gasteiger partial charge in [0.15, 0.2) is 0 Å². The smallest absolute Gasteiger partial charge is 0.240 e. The van der Waals surface area contributed by atoms with E-state index in [1.54, 1.807) is 18.2 Å². The lowest BCUT2D eigenvalue weighted by molar-refractivity contribution is 0.0904. The molecule has 0 spiro atoms. The topological polar surface area (TPSA) is 67.4 Å². The molecular weight excluding hydrogens is 252 g/mol. The molecular formula is C12H18N2O3S. The lowest BCUT2D eigenvalue weighted by atomic mass is 10.1. The number of anilines is 1. The van der Waals surface area contributed by atoms with Gasteiger partial charge in [-0.2, -0.15) is 0 Å². The lowest BCUT2D eigenvalue weighted by Crippen LogP contribution is -2.28. The summed E-state index contributed by atoms with van der Waals surface area (Å²) in [6.45, 7) is 1.51. The van der Waals surface area contributed by atoms with Crippen molar-refractivity contribution in [2.75, 3.05) is 25.6 Å². The summed E-state index contributed by atoms with van der Waals surface area (Å²) in [4.78, 5) is 0.280. The van der Waals surface area contributed by atoms with Crippen molar-refractivity contribution in [2.45, 2.75) is 23.8 Å². The molecule has 0 saturated carbocycles. The van der Waals surface area contributed by atoms with Crippen molar-refractivity contribution in [1.82, 2.24) is 4.72 Å². The van der Waals surface area contributed by atoms with E-state index in [0.29, 0.717) is 6.04 Å². The van der Waals surface area contributed by atoms with Gasteiger partial charge in [-0.15, -0.1) is 0 Å². The number of hydrogen-bond donors (Lipinski definition) is 2. The van der Waals surface area contributed by atoms with Crippen molar-refractivity contribution >= 4 is 15.7 Å². The zero-order valence-corrected chi connectivity index (χ0v) is 11.2. The SMILES string of the molecule is CNS(=O)(=O)c1cccc(NC2CCOCC2)c1. The maximum Gasteiger partial charge on any atom is 0.240 e. The van der Waals surface area contributed by atoms with Crippen molar-refractivity contribution in [3.05, 3.63) is 24.3 Å². The van der Waals surface area contributed by atoms with E-state index < -0.39 is 10.0 Å². The molecule has 1 saturated heterocycles. The van der Waals surface area contributed by atoms with Crippen LogP contribution < -0.4 is 10.0 Å². The van der Waals surface area contributed by atoms with Crippen LogP contribution in [0.4, 0.5) is 5.69 Å². The van der Waals surface area contributed by atoms with Crippen LogP contribution in [0.1, 0.15) is 12.8 Å². The minimum atomic E-state index is -3.38. The van der Waals surface area contributed by atoms with Crippen LogP contribution in [-0.4, -0.2) is 34.7 Å². The number of ether oxygens (including phenoxy) is 1. The Hall–Kier alpha value is -1.11. The van der Waals surface area contributed by atoms with Crippen LogP contribution in [0.5, 0.6) is 0 Å². The van der Waals surface area contributed by atoms with Gasteiger partial charge >= 0.3 is 0 Å². The molecule has 1 aliphatic rings. The molecule has 0 aliphatic carbocycles. The minimum absolute atomic E-state index is 0.280. The van der Waals surface area contributed by atoms with Crippen molar-refractivity contribution in [3.8, 4) is 0 Å². The number of rotatable bonds is 4. The van der Waals surface area contributed by atoms with Crippen molar-refractivity contribution < 1.29 is 13.2 Å². The molecule has 1 aromatic rings. The monoisotopic (exact) mass is 270 g/mol. The first kappa shape index (κ1) is 13.3. The molecule has 6 heteroatoms. The van der Waals surface area contributed by atoms with Gasteiger partial charge in [-0.3, -0.25) is 0 Å². The van der Waals surface area contributed by atoms with Gasteiger partial charge in [-0.1, -0.05) is 6.07 Å². The van der Waals surface area contributed by atoms with Gasteiger partial charge < -0.3 is 10.1 Å². The quantitative estimate of drug-likeness (QED) is 0.862. The fourth-order valence-corrected chi connectivity index (χ4v) is 2.72. The predicted octanol–water partition coefficient (Wildman–Crippen LogP) is 1.19. The van der Waals surface area contributed by atoms with E-state index in [2.05, 4.69) is 10.0 Å². The molecule has 1 heterocycles. The molecule has 18 heavy (non-hydrogen) atoms. The summed E-state index contributed by atoms with van der Waals surface area (Å²) >= 11 is 0. The Labute approximate surface area is 108 Å². The molecule has 0 atom stereocenters. The van der Waals surface area contributed by atoms with E-state index >= 15 is 0 Å². The maximum absolute atomic E-state index is 11.7. The summed E-state index contributed by atoms with van der Waals surface area (Å²) in [7, 11) is -1.97. The Morgan fingerprint density at radius 2 is 2.00 bits per heavy atom. The molecule has 2 rings (SSSR count). The predicted molar refractivity (Wildman–Crippen MR) is 70.2 cm³/mol. The molecule has 0 amide bonds. The highest BCUT2D eigenvalue weighted by atomic mass is 32.2. The summed E-state index contributed by atoms with van der Waals surface area (Å²) < 4.78 is 31.0. The fourth-order valence-electron chi connectivity index (χ4n) is 1.95. The number of benzene rings is 1. The van der Waals surface area contributed by atoms with Gasteiger partial charge in [0.1, 0.15) is 0 Å². The van der Waals surface area contributed by atoms with Crippen molar-refractivity contribution in [2.24, 2.45) is 0 Å². The first-order valence-corrected chi connectivity index (χ1v) is 7.48. The first-order valence-electron chi connectivity index (χ1n) is 6.00. The van der Waals surface area contributed by atoms with Crippen LogP contribution in [0.2, 0.25) is 0 Å². The van der Waals surface area contributed by atoms with Crippen molar-refractivity contribution in [3.63, 3.8) is 0 Å². The molecule has 5 nitrogen and oxygen atoms in total. The number of sulfonamides is 1. The van der Waals surface area contributed by atoms with E-state index in [1.165, 1.54) is 7.05 Å². The Morgan fingerprint density at radius 1 is 1.28 bits per heavy atom. The Bertz CT molecular complexity index is 496. The van der Waals surface area contributed by atoms with Crippen LogP contribution in [-0.2, 0) is 14.8 Å². The van der Waals surface area contributed by atoms with Crippen LogP contribution in [0.15, 0.2) is 29.2 Å². The van der Waals surface area contributed by atoms with Gasteiger partial charge in [0, 0.05) is 24.9 Å². The van der Waals surface area contributed by atoms with Gasteiger partial charge in [0.05, 0.1) is 4.90 Å². The Balaban J connectivity index is 2.12. The van der Waals surface area contributed by atoms with Gasteiger partial charge in [-0.05, 0) is 38.1 Å². The standard InChI is InChI=1S/C12H18N2O3S/c1-13-18(15,16)12-4-2-3-11(9-12)14-10-5-7-17-8-6-10/h2-4,9-10,13-14H,5-8H2,1H3. The average molecular weight is 270 g/mol. The van der Waals surface area contributed by atoms with Gasteiger partial charge in [-0.25, -0.2) is 13.1 Å². The zero-order valence-electron chi connectivity index (χ0n) is 10.3. The third kappa shape index (κ3) is 3.22. The molecule has 0 bridgehead atoms. The molecule has 0 aromatic heterocycles. The summed E-state index contributed by atoms with van der Waals surface area (Å²) in [5.74, 6) is 0. The average Bonchev–Trinajstić information content (AvgIpc) is 2.40. The Kier molecular flexibility index (Phi) is 4.21. The van der Waals surface area contributed by atoms with Crippen LogP contribution >= 0.6 is 0 Å². The maximum atomic E-state index is 11.7. The minimum Gasteiger partial charge on any atom is -0.382 e. The van der Waals surface area contributed by atoms with Crippen molar-refractivity contribution in [1.29, 1.82) is 0 Å². The van der Waals surface area contributed by atoms with Crippen LogP contribution in [0, 0.1) is 0 Å². The molecule has 2 N–H and O–H groups in total. The normalized spacial score (nSPS) is 17.6. The first-order chi connectivity index (χ1) is 8.62. The van der Waals surface area contributed by atoms with Gasteiger partial charge in [0.2, 0.25) is 10.0 Å². The summed E-state index contributed by atoms with van der Waals surface area (Å²) in [6, 6.07) is 7.21. The second kappa shape index (κ2) is 5.69. The van der Waals surface area contributed by atoms with E-state index in [-0.39, 0.29) is 4.90 Å². The summed E-state index contributed by atoms with van der Waals surface area (Å²) in [5.41, 5.74) is 0.832. The molecule has 1 aromatic carbocycles. The Morgan fingerprint density at radius 3 is 2.67 bits per heavy atom. The van der Waals surface area contributed by atoms with Gasteiger partial charge in [0.25, 0.3) is 0 Å². The lowest BCUT2D eigenvalue weighted by Gasteiger charge is -2.24. The summed E-state index contributed by atoms with van der Waals surface area (Å²) in [6.07, 6.45) is 1.89. The molecule has 0 radical (unpaired) electrons. The zero-order chi connectivity index (χ0) is 13.0. The molecule has 100 valence electrons. The van der Waals surface area contributed by atoms with E-state index in [4.69, 9.17) is 4.74 Å². The number of hydrogen-bond acceptors (Lipinski definition) is 4. The fraction of sp³-hybridized carbons (Fsp3) is 0.500. The highest BCUT2D eigenvalue weighted by molar-refractivity contribution is 7.89. The molecule has 1 aliphatic heterocycles. The van der Waals surface area contributed by atoms with Crippen LogP contribution in [0.3, 0.4) is 0 Å². The second-order valence-electron chi connectivity index (χ2n) is 4.27. The van der Waals surface area contributed by atoms with E-state index in [1.807, 2.05) is 6.07 Å². The largest absolute Gasteiger partial charge is 0.382 e. The molecule has 0 unspecified atom stereocenters. The highest BCUT2D eigenvalue weighted by Gasteiger charge is 2.15. The third-order valence-electron chi connectivity index (χ3n) is 3.01. The van der Waals surface area contributed by atoms with E-state index in [9.17, 15) is 8.42 Å². The second-order valence-corrected chi connectivity index (χ2v) is 6.15. The summed E-state index contributed by atoms with van der Waals surface area (Å²) in [5, 5.41) is 3.35. The third-order valence-corrected chi connectivity index (χ3v) is 4.42. The van der Waals surface area contributed by atoms with Crippen LogP contribution in [0.25, 0.3) is 0 Å². The van der Waals surface area contributed by atoms with E-state index in [0.717, 1.165) is 31.7 Å². The number of nitrogens with one attached hydrogen (secondary N) is 2.